The van der Waals surface area contributed by atoms with E-state index in [0.29, 0.717) is 0 Å². The van der Waals surface area contributed by atoms with Crippen LogP contribution in [0.1, 0.15) is 22.9 Å². The van der Waals surface area contributed by atoms with Gasteiger partial charge in [0.1, 0.15) is 0 Å². The number of benzene rings is 1. The number of hydrogen-bond acceptors (Lipinski definition) is 6. The van der Waals surface area contributed by atoms with E-state index >= 15 is 0 Å². The molecule has 8 heteroatoms. The molecule has 1 aliphatic heterocycles. The first kappa shape index (κ1) is 15.9. The van der Waals surface area contributed by atoms with E-state index in [9.17, 15) is 0 Å². The lowest BCUT2D eigenvalue weighted by molar-refractivity contribution is 0.0956. The van der Waals surface area contributed by atoms with Crippen LogP contribution in [-0.2, 0) is 11.3 Å². The highest BCUT2D eigenvalue weighted by Gasteiger charge is 2.35. The van der Waals surface area contributed by atoms with Crippen LogP contribution in [0.3, 0.4) is 0 Å². The van der Waals surface area contributed by atoms with E-state index in [0.717, 1.165) is 36.7 Å². The molecule has 25 heavy (non-hydrogen) atoms. The zero-order chi connectivity index (χ0) is 17.2. The van der Waals surface area contributed by atoms with E-state index in [1.54, 1.807) is 13.3 Å². The summed E-state index contributed by atoms with van der Waals surface area (Å²) in [4.78, 5) is 2.32. The Morgan fingerprint density at radius 3 is 2.92 bits per heavy atom. The molecule has 0 bridgehead atoms. The Kier molecular flexibility index (Phi) is 4.29. The van der Waals surface area contributed by atoms with Crippen LogP contribution in [-0.4, -0.2) is 61.6 Å². The zero-order valence-electron chi connectivity index (χ0n) is 14.3. The van der Waals surface area contributed by atoms with Gasteiger partial charge in [-0.1, -0.05) is 23.4 Å². The van der Waals surface area contributed by atoms with E-state index < -0.39 is 0 Å². The molecule has 3 aromatic rings. The average molecular weight is 339 g/mol. The van der Waals surface area contributed by atoms with Gasteiger partial charge in [0.25, 0.3) is 0 Å². The normalized spacial score (nSPS) is 21.0. The number of nitrogens with zero attached hydrogens (tertiary/aromatic N) is 6. The van der Waals surface area contributed by atoms with Crippen LogP contribution in [0, 0.1) is 6.92 Å². The summed E-state index contributed by atoms with van der Waals surface area (Å²) in [5.41, 5.74) is 4.11. The van der Waals surface area contributed by atoms with Crippen molar-refractivity contribution in [1.29, 1.82) is 0 Å². The first-order valence-corrected chi connectivity index (χ1v) is 8.32. The number of nitrogens with one attached hydrogen (secondary N) is 1. The van der Waals surface area contributed by atoms with Crippen molar-refractivity contribution < 1.29 is 4.74 Å². The summed E-state index contributed by atoms with van der Waals surface area (Å²) in [6, 6.07) is 8.15. The van der Waals surface area contributed by atoms with Gasteiger partial charge in [-0.05, 0) is 18.6 Å². The molecule has 0 amide bonds. The summed E-state index contributed by atoms with van der Waals surface area (Å²) >= 11 is 0. The second-order valence-corrected chi connectivity index (χ2v) is 6.41. The van der Waals surface area contributed by atoms with E-state index in [1.165, 1.54) is 5.56 Å². The van der Waals surface area contributed by atoms with E-state index in [1.807, 2.05) is 29.1 Å². The van der Waals surface area contributed by atoms with Crippen molar-refractivity contribution in [3.8, 4) is 5.69 Å². The molecule has 0 aliphatic carbocycles. The van der Waals surface area contributed by atoms with Gasteiger partial charge in [-0.25, -0.2) is 4.68 Å². The van der Waals surface area contributed by atoms with Gasteiger partial charge in [-0.3, -0.25) is 4.90 Å². The maximum atomic E-state index is 5.64. The van der Waals surface area contributed by atoms with Gasteiger partial charge in [0.15, 0.2) is 0 Å². The number of H-pyrrole nitrogens is 1. The predicted octanol–water partition coefficient (Wildman–Crippen LogP) is 1.31. The molecule has 4 rings (SSSR count). The summed E-state index contributed by atoms with van der Waals surface area (Å²) in [6.07, 6.45) is 3.87. The van der Waals surface area contributed by atoms with Crippen LogP contribution in [0.15, 0.2) is 36.7 Å². The van der Waals surface area contributed by atoms with Crippen molar-refractivity contribution in [2.24, 2.45) is 0 Å². The van der Waals surface area contributed by atoms with Gasteiger partial charge in [-0.15, -0.1) is 5.10 Å². The minimum Gasteiger partial charge on any atom is -0.379 e. The van der Waals surface area contributed by atoms with Gasteiger partial charge >= 0.3 is 0 Å². The Morgan fingerprint density at radius 2 is 2.16 bits per heavy atom. The Labute approximate surface area is 145 Å². The summed E-state index contributed by atoms with van der Waals surface area (Å²) < 4.78 is 7.48. The predicted molar refractivity (Wildman–Crippen MR) is 91.3 cm³/mol. The van der Waals surface area contributed by atoms with Gasteiger partial charge in [0.05, 0.1) is 35.6 Å². The quantitative estimate of drug-likeness (QED) is 0.754. The molecule has 1 saturated heterocycles. The van der Waals surface area contributed by atoms with Crippen LogP contribution < -0.4 is 0 Å². The summed E-state index contributed by atoms with van der Waals surface area (Å²) in [5.74, 6) is 0.218. The van der Waals surface area contributed by atoms with Crippen LogP contribution in [0.5, 0.6) is 0 Å². The fourth-order valence-corrected chi connectivity index (χ4v) is 3.43. The molecule has 2 aromatic heterocycles. The summed E-state index contributed by atoms with van der Waals surface area (Å²) in [7, 11) is 1.75. The molecule has 0 spiro atoms. The molecule has 1 aromatic carbocycles. The average Bonchev–Trinajstić information content (AvgIpc) is 3.36. The number of likely N-dealkylation sites (tertiary alicyclic amines) is 1. The van der Waals surface area contributed by atoms with Crippen molar-refractivity contribution in [3.05, 3.63) is 53.6 Å². The van der Waals surface area contributed by atoms with Gasteiger partial charge < -0.3 is 4.74 Å². The SMILES string of the molecule is CO[C@@H]1CN(Cc2cn(-c3ccccc3C)nn2)C[C@H]1c1cn[nH]n1. The molecule has 3 heterocycles. The Morgan fingerprint density at radius 1 is 1.28 bits per heavy atom. The smallest absolute Gasteiger partial charge is 0.0971 e. The third-order valence-corrected chi connectivity index (χ3v) is 4.75. The number of ether oxygens (including phenoxy) is 1. The lowest BCUT2D eigenvalue weighted by atomic mass is 10.0. The van der Waals surface area contributed by atoms with Gasteiger partial charge in [0, 0.05) is 32.7 Å². The number of aryl methyl sites for hydroxylation is 1. The fourth-order valence-electron chi connectivity index (χ4n) is 3.43. The number of rotatable bonds is 5. The van der Waals surface area contributed by atoms with E-state index in [-0.39, 0.29) is 12.0 Å². The minimum atomic E-state index is 0.108. The van der Waals surface area contributed by atoms with Gasteiger partial charge in [0.2, 0.25) is 0 Å². The molecule has 1 fully saturated rings. The van der Waals surface area contributed by atoms with Crippen LogP contribution in [0.25, 0.3) is 5.69 Å². The first-order chi connectivity index (χ1) is 12.2. The third kappa shape index (κ3) is 3.18. The maximum absolute atomic E-state index is 5.64. The largest absolute Gasteiger partial charge is 0.379 e. The Bertz CT molecular complexity index is 829. The fraction of sp³-hybridized carbons (Fsp3) is 0.412. The molecule has 130 valence electrons. The standard InChI is InChI=1S/C17H21N7O/c1-12-5-3-4-6-16(12)24-9-13(19-22-24)8-23-10-14(17(11-23)25-2)15-7-18-21-20-15/h3-7,9,14,17H,8,10-11H2,1-2H3,(H,18,20,21)/t14-,17+/m0/s1. The van der Waals surface area contributed by atoms with E-state index in [2.05, 4.69) is 43.6 Å². The third-order valence-electron chi connectivity index (χ3n) is 4.75. The second-order valence-electron chi connectivity index (χ2n) is 6.41. The molecule has 1 aliphatic rings. The lowest BCUT2D eigenvalue weighted by Gasteiger charge is -2.13. The van der Waals surface area contributed by atoms with Gasteiger partial charge in [-0.2, -0.15) is 15.4 Å². The monoisotopic (exact) mass is 339 g/mol. The van der Waals surface area contributed by atoms with Crippen molar-refractivity contribution in [1.82, 2.24) is 35.3 Å². The number of para-hydroxylation sites is 1. The van der Waals surface area contributed by atoms with Crippen LogP contribution in [0.2, 0.25) is 0 Å². The summed E-state index contributed by atoms with van der Waals surface area (Å²) in [5, 5.41) is 19.4. The Balaban J connectivity index is 1.47. The number of aromatic nitrogens is 6. The highest BCUT2D eigenvalue weighted by molar-refractivity contribution is 5.38. The van der Waals surface area contributed by atoms with Crippen LogP contribution >= 0.6 is 0 Å². The van der Waals surface area contributed by atoms with E-state index in [4.69, 9.17) is 4.74 Å². The minimum absolute atomic E-state index is 0.108. The molecule has 0 unspecified atom stereocenters. The van der Waals surface area contributed by atoms with Crippen LogP contribution in [0.4, 0.5) is 0 Å². The molecule has 0 radical (unpaired) electrons. The number of aromatic amines is 1. The Hall–Kier alpha value is -2.58. The summed E-state index contributed by atoms with van der Waals surface area (Å²) in [6.45, 7) is 4.51. The first-order valence-electron chi connectivity index (χ1n) is 8.32. The molecular formula is C17H21N7O. The number of hydrogen-bond donors (Lipinski definition) is 1. The van der Waals surface area contributed by atoms with Crippen molar-refractivity contribution in [2.75, 3.05) is 20.2 Å². The zero-order valence-corrected chi connectivity index (χ0v) is 14.3. The highest BCUT2D eigenvalue weighted by atomic mass is 16.5. The second kappa shape index (κ2) is 6.73. The molecule has 2 atom stereocenters. The van der Waals surface area contributed by atoms with Crippen molar-refractivity contribution in [2.45, 2.75) is 25.5 Å². The number of methoxy groups -OCH3 is 1. The van der Waals surface area contributed by atoms with Crippen molar-refractivity contribution in [3.63, 3.8) is 0 Å². The van der Waals surface area contributed by atoms with Crippen molar-refractivity contribution >= 4 is 0 Å². The molecule has 1 N–H and O–H groups in total. The maximum Gasteiger partial charge on any atom is 0.0971 e. The highest BCUT2D eigenvalue weighted by Crippen LogP contribution is 2.28. The molecule has 8 nitrogen and oxygen atoms in total. The topological polar surface area (TPSA) is 84.8 Å². The lowest BCUT2D eigenvalue weighted by Crippen LogP contribution is -2.22. The molecular weight excluding hydrogens is 318 g/mol. The molecule has 0 saturated carbocycles.